The molecule has 0 N–H and O–H groups in total. The molecule has 7 aromatic carbocycles. The lowest BCUT2D eigenvalue weighted by atomic mass is 9.43. The van der Waals surface area contributed by atoms with Gasteiger partial charge in [0.05, 0.1) is 11.4 Å². The molecule has 0 aliphatic carbocycles. The molecule has 12 rings (SSSR count). The summed E-state index contributed by atoms with van der Waals surface area (Å²) in [5.74, 6) is 1.72. The van der Waals surface area contributed by atoms with Gasteiger partial charge in [0.2, 0.25) is 0 Å². The molecule has 0 fully saturated rings. The van der Waals surface area contributed by atoms with E-state index in [0.29, 0.717) is 6.67 Å². The summed E-state index contributed by atoms with van der Waals surface area (Å²) in [5.41, 5.74) is 17.0. The van der Waals surface area contributed by atoms with Crippen molar-refractivity contribution in [3.63, 3.8) is 0 Å². The van der Waals surface area contributed by atoms with Crippen molar-refractivity contribution in [3.8, 4) is 22.3 Å². The van der Waals surface area contributed by atoms with Crippen LogP contribution in [0.3, 0.4) is 0 Å². The van der Waals surface area contributed by atoms with Crippen LogP contribution in [0, 0.1) is 0 Å². The van der Waals surface area contributed by atoms with Crippen LogP contribution in [0.1, 0.15) is 0 Å². The minimum absolute atomic E-state index is 0.0677. The SMILES string of the molecule is c1ccc(N2CN(c3ccc4c(c3)B3c5cc(N6CN(c7ccccc7)c7nccnc76)ccc5-c5ccccc5N3c3ccccc3-4)c3ccccc32)cc1. The first kappa shape index (κ1) is 31.1. The highest BCUT2D eigenvalue weighted by Crippen LogP contribution is 2.49. The molecule has 7 nitrogen and oxygen atoms in total. The quantitative estimate of drug-likeness (QED) is 0.168. The highest BCUT2D eigenvalue weighted by Gasteiger charge is 2.43. The molecule has 5 heterocycles. The van der Waals surface area contributed by atoms with Crippen LogP contribution in [0.15, 0.2) is 182 Å². The van der Waals surface area contributed by atoms with E-state index in [1.54, 1.807) is 12.4 Å². The van der Waals surface area contributed by atoms with Gasteiger partial charge in [0.15, 0.2) is 11.6 Å². The van der Waals surface area contributed by atoms with Crippen molar-refractivity contribution >= 4 is 74.9 Å². The summed E-state index contributed by atoms with van der Waals surface area (Å²) in [7, 11) is 0. The predicted molar refractivity (Wildman–Crippen MR) is 231 cm³/mol. The standard InChI is InChI=1S/C48H34BN7/c1-3-13-33(14-4-1)52-31-53(46-22-12-11-21-45(46)52)35-23-25-37-39-17-7-9-19-43(39)56-44-20-10-8-18-40(44)38-26-24-36(30-42(38)49(56)41(37)29-35)55-32-54(34-15-5-2-6-16-34)47-48(55)51-28-27-50-47/h1-30H,31-32H2. The Hall–Kier alpha value is -7.32. The van der Waals surface area contributed by atoms with Crippen molar-refractivity contribution in [2.75, 3.05) is 37.7 Å². The Morgan fingerprint density at radius 3 is 1.32 bits per heavy atom. The van der Waals surface area contributed by atoms with Crippen LogP contribution in [0.2, 0.25) is 0 Å². The summed E-state index contributed by atoms with van der Waals surface area (Å²) < 4.78 is 0. The van der Waals surface area contributed by atoms with Crippen molar-refractivity contribution in [1.82, 2.24) is 9.97 Å². The zero-order valence-corrected chi connectivity index (χ0v) is 30.4. The summed E-state index contributed by atoms with van der Waals surface area (Å²) in [6, 6.07) is 61.8. The number of benzene rings is 7. The number of anilines is 10. The van der Waals surface area contributed by atoms with E-state index in [4.69, 9.17) is 9.97 Å². The Bertz CT molecular complexity index is 2640. The lowest BCUT2D eigenvalue weighted by molar-refractivity contribution is 0.976. The highest BCUT2D eigenvalue weighted by molar-refractivity contribution is 6.92. The topological polar surface area (TPSA) is 42.0 Å². The smallest absolute Gasteiger partial charge is 0.329 e. The van der Waals surface area contributed by atoms with Gasteiger partial charge in [-0.25, -0.2) is 9.97 Å². The Kier molecular flexibility index (Phi) is 6.71. The largest absolute Gasteiger partial charge is 0.376 e. The molecule has 0 amide bonds. The molecule has 1 aromatic heterocycles. The van der Waals surface area contributed by atoms with Gasteiger partial charge in [-0.15, -0.1) is 0 Å². The maximum Gasteiger partial charge on any atom is 0.329 e. The summed E-state index contributed by atoms with van der Waals surface area (Å²) >= 11 is 0. The molecule has 4 aliphatic rings. The second kappa shape index (κ2) is 12.1. The monoisotopic (exact) mass is 719 g/mol. The van der Waals surface area contributed by atoms with Gasteiger partial charge < -0.3 is 24.4 Å². The molecule has 0 saturated heterocycles. The third-order valence-electron chi connectivity index (χ3n) is 11.8. The van der Waals surface area contributed by atoms with E-state index in [1.807, 2.05) is 0 Å². The van der Waals surface area contributed by atoms with Gasteiger partial charge >= 0.3 is 6.85 Å². The van der Waals surface area contributed by atoms with Crippen molar-refractivity contribution in [2.45, 2.75) is 0 Å². The zero-order valence-electron chi connectivity index (χ0n) is 30.4. The minimum atomic E-state index is -0.0677. The molecule has 0 unspecified atom stereocenters. The van der Waals surface area contributed by atoms with Crippen LogP contribution in [-0.2, 0) is 0 Å². The first-order chi connectivity index (χ1) is 27.8. The third-order valence-corrected chi connectivity index (χ3v) is 11.8. The number of hydrogen-bond donors (Lipinski definition) is 0. The van der Waals surface area contributed by atoms with Crippen LogP contribution in [0.5, 0.6) is 0 Å². The Morgan fingerprint density at radius 2 is 0.768 bits per heavy atom. The van der Waals surface area contributed by atoms with E-state index in [-0.39, 0.29) is 6.85 Å². The van der Waals surface area contributed by atoms with Gasteiger partial charge in [0, 0.05) is 57.6 Å². The molecule has 56 heavy (non-hydrogen) atoms. The second-order valence-corrected chi connectivity index (χ2v) is 14.7. The molecular formula is C48H34BN7. The van der Waals surface area contributed by atoms with Crippen molar-refractivity contribution in [1.29, 1.82) is 0 Å². The Morgan fingerprint density at radius 1 is 0.357 bits per heavy atom. The summed E-state index contributed by atoms with van der Waals surface area (Å²) in [5, 5.41) is 0. The first-order valence-electron chi connectivity index (χ1n) is 19.2. The molecule has 8 heteroatoms. The summed E-state index contributed by atoms with van der Waals surface area (Å²) in [6.07, 6.45) is 3.58. The molecule has 0 atom stereocenters. The van der Waals surface area contributed by atoms with E-state index in [9.17, 15) is 0 Å². The van der Waals surface area contributed by atoms with Gasteiger partial charge in [0.1, 0.15) is 13.3 Å². The number of hydrogen-bond acceptors (Lipinski definition) is 7. The van der Waals surface area contributed by atoms with Gasteiger partial charge in [-0.05, 0) is 94.8 Å². The number of aromatic nitrogens is 2. The average molecular weight is 720 g/mol. The fourth-order valence-electron chi connectivity index (χ4n) is 9.31. The molecule has 4 aliphatic heterocycles. The molecule has 0 spiro atoms. The summed E-state index contributed by atoms with van der Waals surface area (Å²) in [4.78, 5) is 21.7. The molecule has 8 aromatic rings. The van der Waals surface area contributed by atoms with Crippen molar-refractivity contribution in [2.24, 2.45) is 0 Å². The number of para-hydroxylation sites is 6. The predicted octanol–water partition coefficient (Wildman–Crippen LogP) is 9.88. The Labute approximate surface area is 326 Å². The number of nitrogens with zero attached hydrogens (tertiary/aromatic N) is 7. The van der Waals surface area contributed by atoms with Gasteiger partial charge in [-0.3, -0.25) is 0 Å². The maximum absolute atomic E-state index is 4.89. The van der Waals surface area contributed by atoms with Crippen LogP contribution >= 0.6 is 0 Å². The van der Waals surface area contributed by atoms with Crippen LogP contribution < -0.4 is 35.3 Å². The number of fused-ring (bicyclic) bond motifs is 13. The van der Waals surface area contributed by atoms with E-state index in [0.717, 1.165) is 29.7 Å². The molecule has 0 radical (unpaired) electrons. The van der Waals surface area contributed by atoms with E-state index < -0.39 is 0 Å². The molecule has 264 valence electrons. The lowest BCUT2D eigenvalue weighted by Crippen LogP contribution is -2.59. The first-order valence-corrected chi connectivity index (χ1v) is 19.2. The van der Waals surface area contributed by atoms with Gasteiger partial charge in [0.25, 0.3) is 0 Å². The van der Waals surface area contributed by atoms with Gasteiger partial charge in [-0.1, -0.05) is 97.1 Å². The van der Waals surface area contributed by atoms with Crippen molar-refractivity contribution < 1.29 is 0 Å². The second-order valence-electron chi connectivity index (χ2n) is 14.7. The normalized spacial score (nSPS) is 14.4. The molecule has 0 saturated carbocycles. The third kappa shape index (κ3) is 4.53. The van der Waals surface area contributed by atoms with Crippen LogP contribution in [0.25, 0.3) is 22.3 Å². The highest BCUT2D eigenvalue weighted by atomic mass is 15.4. The molecule has 0 bridgehead atoms. The van der Waals surface area contributed by atoms with E-state index >= 15 is 0 Å². The minimum Gasteiger partial charge on any atom is -0.376 e. The van der Waals surface area contributed by atoms with Gasteiger partial charge in [-0.2, -0.15) is 0 Å². The van der Waals surface area contributed by atoms with Crippen LogP contribution in [0.4, 0.5) is 57.1 Å². The van der Waals surface area contributed by atoms with E-state index in [2.05, 4.69) is 194 Å². The summed E-state index contributed by atoms with van der Waals surface area (Å²) in [6.45, 7) is 1.27. The molecular weight excluding hydrogens is 685 g/mol. The Balaban J connectivity index is 1.04. The zero-order chi connectivity index (χ0) is 36.7. The van der Waals surface area contributed by atoms with Crippen molar-refractivity contribution in [3.05, 3.63) is 182 Å². The fourth-order valence-corrected chi connectivity index (χ4v) is 9.31. The average Bonchev–Trinajstić information content (AvgIpc) is 3.86. The lowest BCUT2D eigenvalue weighted by Gasteiger charge is -2.44. The van der Waals surface area contributed by atoms with Crippen LogP contribution in [-0.4, -0.2) is 30.2 Å². The van der Waals surface area contributed by atoms with E-state index in [1.165, 1.54) is 67.3 Å². The maximum atomic E-state index is 4.89. The number of rotatable bonds is 4. The fraction of sp³-hybridized carbons (Fsp3) is 0.0417.